The Labute approximate surface area is 159 Å². The molecule has 27 heavy (non-hydrogen) atoms. The topological polar surface area (TPSA) is 53.5 Å². The van der Waals surface area contributed by atoms with Crippen molar-refractivity contribution >= 4 is 31.6 Å². The zero-order chi connectivity index (χ0) is 19.0. The van der Waals surface area contributed by atoms with Crippen LogP contribution in [0.25, 0.3) is 10.2 Å². The fourth-order valence-corrected chi connectivity index (χ4v) is 5.71. The highest BCUT2D eigenvalue weighted by Gasteiger charge is 2.33. The Hall–Kier alpha value is -1.94. The minimum Gasteiger partial charge on any atom is -0.294 e. The molecule has 2 aromatic carbocycles. The van der Waals surface area contributed by atoms with Crippen molar-refractivity contribution in [3.8, 4) is 0 Å². The Morgan fingerprint density at radius 3 is 2.30 bits per heavy atom. The van der Waals surface area contributed by atoms with E-state index in [1.807, 2.05) is 24.3 Å². The summed E-state index contributed by atoms with van der Waals surface area (Å²) in [7, 11) is -4.20. The monoisotopic (exact) mass is 409 g/mol. The number of nitrogens with zero attached hydrogens (tertiary/aromatic N) is 3. The molecule has 2 heterocycles. The number of sulfonamides is 1. The Morgan fingerprint density at radius 1 is 0.963 bits per heavy atom. The molecule has 0 atom stereocenters. The lowest BCUT2D eigenvalue weighted by Crippen LogP contribution is -2.48. The maximum Gasteiger partial charge on any atom is 0.249 e. The van der Waals surface area contributed by atoms with E-state index >= 15 is 0 Å². The number of aromatic nitrogens is 1. The fourth-order valence-electron chi connectivity index (χ4n) is 3.16. The van der Waals surface area contributed by atoms with Crippen LogP contribution in [-0.2, 0) is 16.6 Å². The summed E-state index contributed by atoms with van der Waals surface area (Å²) in [6.07, 6.45) is 0. The van der Waals surface area contributed by atoms with Crippen molar-refractivity contribution < 1.29 is 17.2 Å². The average Bonchev–Trinajstić information content (AvgIpc) is 3.04. The number of benzene rings is 2. The molecule has 142 valence electrons. The predicted octanol–water partition coefficient (Wildman–Crippen LogP) is 3.08. The first-order valence-corrected chi connectivity index (χ1v) is 10.7. The van der Waals surface area contributed by atoms with Crippen LogP contribution in [0.1, 0.15) is 5.01 Å². The van der Waals surface area contributed by atoms with Crippen molar-refractivity contribution in [1.29, 1.82) is 0 Å². The summed E-state index contributed by atoms with van der Waals surface area (Å²) in [6, 6.07) is 11.0. The van der Waals surface area contributed by atoms with Gasteiger partial charge in [0, 0.05) is 26.2 Å². The van der Waals surface area contributed by atoms with E-state index in [2.05, 4.69) is 9.88 Å². The van der Waals surface area contributed by atoms with Crippen LogP contribution in [0.4, 0.5) is 8.78 Å². The van der Waals surface area contributed by atoms with Crippen molar-refractivity contribution in [1.82, 2.24) is 14.2 Å². The van der Waals surface area contributed by atoms with E-state index in [9.17, 15) is 17.2 Å². The molecule has 0 aliphatic carbocycles. The summed E-state index contributed by atoms with van der Waals surface area (Å²) >= 11 is 1.61. The summed E-state index contributed by atoms with van der Waals surface area (Å²) in [5, 5.41) is 0.965. The van der Waals surface area contributed by atoms with Crippen LogP contribution in [-0.4, -0.2) is 48.8 Å². The minimum atomic E-state index is -4.20. The van der Waals surface area contributed by atoms with E-state index < -0.39 is 26.6 Å². The molecule has 0 N–H and O–H groups in total. The third kappa shape index (κ3) is 3.60. The van der Waals surface area contributed by atoms with Crippen LogP contribution in [0, 0.1) is 11.6 Å². The quantitative estimate of drug-likeness (QED) is 0.665. The van der Waals surface area contributed by atoms with Gasteiger partial charge in [-0.15, -0.1) is 11.3 Å². The van der Waals surface area contributed by atoms with Crippen LogP contribution < -0.4 is 0 Å². The highest BCUT2D eigenvalue weighted by molar-refractivity contribution is 7.89. The van der Waals surface area contributed by atoms with Crippen molar-refractivity contribution in [2.45, 2.75) is 11.4 Å². The molecule has 0 bridgehead atoms. The number of fused-ring (bicyclic) bond motifs is 1. The van der Waals surface area contributed by atoms with Crippen LogP contribution in [0.3, 0.4) is 0 Å². The van der Waals surface area contributed by atoms with E-state index in [1.165, 1.54) is 0 Å². The maximum absolute atomic E-state index is 13.9. The Bertz CT molecular complexity index is 1020. The second-order valence-corrected chi connectivity index (χ2v) is 9.30. The van der Waals surface area contributed by atoms with Crippen molar-refractivity contribution in [2.75, 3.05) is 26.2 Å². The van der Waals surface area contributed by atoms with Gasteiger partial charge >= 0.3 is 0 Å². The Kier molecular flexibility index (Phi) is 4.94. The summed E-state index contributed by atoms with van der Waals surface area (Å²) < 4.78 is 55.3. The third-order valence-electron chi connectivity index (χ3n) is 4.55. The van der Waals surface area contributed by atoms with Crippen LogP contribution in [0.5, 0.6) is 0 Å². The van der Waals surface area contributed by atoms with Gasteiger partial charge in [-0.05, 0) is 24.3 Å². The van der Waals surface area contributed by atoms with E-state index in [0.29, 0.717) is 19.6 Å². The molecule has 1 aromatic heterocycles. The third-order valence-corrected chi connectivity index (χ3v) is 7.52. The molecular weight excluding hydrogens is 392 g/mol. The zero-order valence-corrected chi connectivity index (χ0v) is 15.9. The van der Waals surface area contributed by atoms with Gasteiger partial charge in [0.05, 0.1) is 16.8 Å². The molecule has 0 unspecified atom stereocenters. The van der Waals surface area contributed by atoms with Gasteiger partial charge in [-0.2, -0.15) is 4.31 Å². The van der Waals surface area contributed by atoms with Crippen molar-refractivity contribution in [3.05, 3.63) is 59.1 Å². The van der Waals surface area contributed by atoms with Gasteiger partial charge in [0.15, 0.2) is 4.90 Å². The zero-order valence-electron chi connectivity index (χ0n) is 14.3. The second kappa shape index (κ2) is 7.23. The lowest BCUT2D eigenvalue weighted by molar-refractivity contribution is 0.181. The first kappa shape index (κ1) is 18.4. The molecule has 0 amide bonds. The van der Waals surface area contributed by atoms with Crippen LogP contribution in [0.15, 0.2) is 47.4 Å². The van der Waals surface area contributed by atoms with E-state index in [-0.39, 0.29) is 13.1 Å². The number of rotatable bonds is 4. The molecule has 0 spiro atoms. The molecule has 9 heteroatoms. The van der Waals surface area contributed by atoms with Gasteiger partial charge in [-0.1, -0.05) is 18.2 Å². The number of halogens is 2. The van der Waals surface area contributed by atoms with Gasteiger partial charge in [-0.3, -0.25) is 4.90 Å². The maximum atomic E-state index is 13.9. The number of hydrogen-bond donors (Lipinski definition) is 0. The highest BCUT2D eigenvalue weighted by Crippen LogP contribution is 2.25. The summed E-state index contributed by atoms with van der Waals surface area (Å²) in [5.41, 5.74) is 0.953. The van der Waals surface area contributed by atoms with Gasteiger partial charge in [0.1, 0.15) is 16.6 Å². The van der Waals surface area contributed by atoms with E-state index in [0.717, 1.165) is 37.7 Å². The molecule has 5 nitrogen and oxygen atoms in total. The molecule has 1 aliphatic rings. The molecule has 0 radical (unpaired) electrons. The summed E-state index contributed by atoms with van der Waals surface area (Å²) in [6.45, 7) is 1.94. The van der Waals surface area contributed by atoms with Gasteiger partial charge in [0.2, 0.25) is 10.0 Å². The number of para-hydroxylation sites is 1. The smallest absolute Gasteiger partial charge is 0.249 e. The van der Waals surface area contributed by atoms with Gasteiger partial charge in [-0.25, -0.2) is 22.2 Å². The Morgan fingerprint density at radius 2 is 1.63 bits per heavy atom. The predicted molar refractivity (Wildman–Crippen MR) is 100 cm³/mol. The highest BCUT2D eigenvalue weighted by atomic mass is 32.2. The standard InChI is InChI=1S/C18H17F2N3O2S2/c19-13-4-3-5-14(20)18(13)27(24,25)23-10-8-22(9-11-23)12-17-21-15-6-1-2-7-16(15)26-17/h1-7H,8-12H2. The number of piperazine rings is 1. The minimum absolute atomic E-state index is 0.182. The first-order chi connectivity index (χ1) is 12.9. The molecule has 3 aromatic rings. The average molecular weight is 409 g/mol. The lowest BCUT2D eigenvalue weighted by Gasteiger charge is -2.33. The summed E-state index contributed by atoms with van der Waals surface area (Å²) in [5.74, 6) is -2.13. The van der Waals surface area contributed by atoms with Crippen LogP contribution >= 0.6 is 11.3 Å². The normalized spacial score (nSPS) is 16.8. The molecule has 0 saturated carbocycles. The van der Waals surface area contributed by atoms with E-state index in [1.54, 1.807) is 11.3 Å². The molecule has 4 rings (SSSR count). The lowest BCUT2D eigenvalue weighted by atomic mass is 10.3. The fraction of sp³-hybridized carbons (Fsp3) is 0.278. The first-order valence-electron chi connectivity index (χ1n) is 8.46. The molecule has 1 saturated heterocycles. The number of thiazole rings is 1. The largest absolute Gasteiger partial charge is 0.294 e. The Balaban J connectivity index is 1.45. The van der Waals surface area contributed by atoms with Crippen molar-refractivity contribution in [3.63, 3.8) is 0 Å². The molecule has 1 aliphatic heterocycles. The number of hydrogen-bond acceptors (Lipinski definition) is 5. The van der Waals surface area contributed by atoms with Crippen molar-refractivity contribution in [2.24, 2.45) is 0 Å². The summed E-state index contributed by atoms with van der Waals surface area (Å²) in [4.78, 5) is 5.82. The molecular formula is C18H17F2N3O2S2. The van der Waals surface area contributed by atoms with Gasteiger partial charge < -0.3 is 0 Å². The molecule has 1 fully saturated rings. The van der Waals surface area contributed by atoms with Gasteiger partial charge in [0.25, 0.3) is 0 Å². The second-order valence-electron chi connectivity index (χ2n) is 6.31. The van der Waals surface area contributed by atoms with E-state index in [4.69, 9.17) is 0 Å². The SMILES string of the molecule is O=S(=O)(c1c(F)cccc1F)N1CCN(Cc2nc3ccccc3s2)CC1. The van der Waals surface area contributed by atoms with Crippen LogP contribution in [0.2, 0.25) is 0 Å².